The maximum Gasteiger partial charge on any atom is 0.271 e. The van der Waals surface area contributed by atoms with Crippen LogP contribution in [0.2, 0.25) is 5.02 Å². The van der Waals surface area contributed by atoms with Crippen LogP contribution in [0.25, 0.3) is 0 Å². The smallest absolute Gasteiger partial charge is 0.271 e. The van der Waals surface area contributed by atoms with Crippen molar-refractivity contribution in [1.29, 1.82) is 0 Å². The van der Waals surface area contributed by atoms with E-state index in [1.165, 1.54) is 18.2 Å². The maximum absolute atomic E-state index is 12.7. The highest BCUT2D eigenvalue weighted by molar-refractivity contribution is 6.33. The lowest BCUT2D eigenvalue weighted by Crippen LogP contribution is -2.41. The number of ether oxygens (including phenoxy) is 2. The monoisotopic (exact) mass is 405 g/mol. The SMILES string of the molecule is CCN(Cc1ccc2c(c1)OCO2)C(C)C(=O)Nc1cc([N+](=O)[O-])ccc1Cl. The highest BCUT2D eigenvalue weighted by Gasteiger charge is 2.23. The van der Waals surface area contributed by atoms with E-state index in [1.54, 1.807) is 6.92 Å². The summed E-state index contributed by atoms with van der Waals surface area (Å²) in [5.74, 6) is 1.09. The zero-order valence-corrected chi connectivity index (χ0v) is 16.2. The highest BCUT2D eigenvalue weighted by atomic mass is 35.5. The number of nitrogens with zero attached hydrogens (tertiary/aromatic N) is 2. The van der Waals surface area contributed by atoms with Gasteiger partial charge in [0.05, 0.1) is 21.7 Å². The molecule has 1 atom stereocenters. The number of non-ortho nitro benzene ring substituents is 1. The number of hydrogen-bond acceptors (Lipinski definition) is 6. The summed E-state index contributed by atoms with van der Waals surface area (Å²) >= 11 is 6.07. The fraction of sp³-hybridized carbons (Fsp3) is 0.316. The number of hydrogen-bond donors (Lipinski definition) is 1. The van der Waals surface area contributed by atoms with Gasteiger partial charge in [0.15, 0.2) is 11.5 Å². The summed E-state index contributed by atoms with van der Waals surface area (Å²) in [5, 5.41) is 13.9. The Kier molecular flexibility index (Phi) is 6.01. The molecule has 1 heterocycles. The number of nitrogens with one attached hydrogen (secondary N) is 1. The molecule has 1 aliphatic rings. The van der Waals surface area contributed by atoms with E-state index < -0.39 is 11.0 Å². The number of anilines is 1. The predicted molar refractivity (Wildman–Crippen MR) is 105 cm³/mol. The number of carbonyl (C=O) groups is 1. The van der Waals surface area contributed by atoms with E-state index in [1.807, 2.05) is 30.0 Å². The van der Waals surface area contributed by atoms with Gasteiger partial charge in [-0.25, -0.2) is 0 Å². The normalized spacial score (nSPS) is 13.4. The Balaban J connectivity index is 1.70. The molecule has 2 aromatic rings. The fourth-order valence-electron chi connectivity index (χ4n) is 2.92. The summed E-state index contributed by atoms with van der Waals surface area (Å²) in [5.41, 5.74) is 1.06. The van der Waals surface area contributed by atoms with Crippen LogP contribution < -0.4 is 14.8 Å². The first-order chi connectivity index (χ1) is 13.4. The van der Waals surface area contributed by atoms with Crippen molar-refractivity contribution < 1.29 is 19.2 Å². The topological polar surface area (TPSA) is 93.9 Å². The third-order valence-electron chi connectivity index (χ3n) is 4.57. The van der Waals surface area contributed by atoms with Gasteiger partial charge in [0.1, 0.15) is 0 Å². The number of halogens is 1. The third-order valence-corrected chi connectivity index (χ3v) is 4.90. The van der Waals surface area contributed by atoms with E-state index in [0.29, 0.717) is 24.6 Å². The Morgan fingerprint density at radius 2 is 2.04 bits per heavy atom. The first-order valence-electron chi connectivity index (χ1n) is 8.76. The minimum absolute atomic E-state index is 0.139. The van der Waals surface area contributed by atoms with Gasteiger partial charge >= 0.3 is 0 Å². The molecule has 2 aromatic carbocycles. The zero-order valence-electron chi connectivity index (χ0n) is 15.5. The van der Waals surface area contributed by atoms with Gasteiger partial charge in [-0.05, 0) is 37.2 Å². The van der Waals surface area contributed by atoms with Gasteiger partial charge in [0.2, 0.25) is 12.7 Å². The Morgan fingerprint density at radius 3 is 2.75 bits per heavy atom. The zero-order chi connectivity index (χ0) is 20.3. The van der Waals surface area contributed by atoms with Crippen molar-refractivity contribution in [3.63, 3.8) is 0 Å². The highest BCUT2D eigenvalue weighted by Crippen LogP contribution is 2.33. The minimum Gasteiger partial charge on any atom is -0.454 e. The van der Waals surface area contributed by atoms with Crippen LogP contribution in [0.5, 0.6) is 11.5 Å². The predicted octanol–water partition coefficient (Wildman–Crippen LogP) is 3.83. The van der Waals surface area contributed by atoms with Gasteiger partial charge in [-0.2, -0.15) is 0 Å². The molecule has 28 heavy (non-hydrogen) atoms. The second kappa shape index (κ2) is 8.45. The largest absolute Gasteiger partial charge is 0.454 e. The summed E-state index contributed by atoms with van der Waals surface area (Å²) in [6, 6.07) is 9.13. The molecule has 0 bridgehead atoms. The molecule has 0 saturated carbocycles. The second-order valence-electron chi connectivity index (χ2n) is 6.34. The first-order valence-corrected chi connectivity index (χ1v) is 9.14. The van der Waals surface area contributed by atoms with Gasteiger partial charge in [-0.3, -0.25) is 19.8 Å². The van der Waals surface area contributed by atoms with Crippen LogP contribution in [0.3, 0.4) is 0 Å². The molecule has 1 amide bonds. The molecular weight excluding hydrogens is 386 g/mol. The van der Waals surface area contributed by atoms with Crippen LogP contribution in [0.1, 0.15) is 19.4 Å². The molecule has 9 heteroatoms. The molecule has 1 unspecified atom stereocenters. The Morgan fingerprint density at radius 1 is 1.29 bits per heavy atom. The third kappa shape index (κ3) is 4.35. The number of amides is 1. The number of carbonyl (C=O) groups excluding carboxylic acids is 1. The van der Waals surface area contributed by atoms with Crippen LogP contribution in [0.15, 0.2) is 36.4 Å². The van der Waals surface area contributed by atoms with Crippen molar-refractivity contribution in [3.8, 4) is 11.5 Å². The van der Waals surface area contributed by atoms with Crippen LogP contribution in [-0.4, -0.2) is 35.1 Å². The molecule has 0 spiro atoms. The molecular formula is C19H20ClN3O5. The lowest BCUT2D eigenvalue weighted by atomic mass is 10.1. The summed E-state index contributed by atoms with van der Waals surface area (Å²) in [6.45, 7) is 5.10. The molecule has 0 aromatic heterocycles. The summed E-state index contributed by atoms with van der Waals surface area (Å²) in [7, 11) is 0. The van der Waals surface area contributed by atoms with E-state index >= 15 is 0 Å². The van der Waals surface area contributed by atoms with Crippen LogP contribution in [0, 0.1) is 10.1 Å². The molecule has 0 aliphatic carbocycles. The summed E-state index contributed by atoms with van der Waals surface area (Å²) in [4.78, 5) is 25.1. The average molecular weight is 406 g/mol. The number of nitro benzene ring substituents is 1. The molecule has 0 saturated heterocycles. The van der Waals surface area contributed by atoms with Gasteiger partial charge in [0, 0.05) is 18.7 Å². The summed E-state index contributed by atoms with van der Waals surface area (Å²) in [6.07, 6.45) is 0. The van der Waals surface area contributed by atoms with Crippen molar-refractivity contribution in [2.75, 3.05) is 18.7 Å². The molecule has 3 rings (SSSR count). The van der Waals surface area contributed by atoms with Crippen LogP contribution >= 0.6 is 11.6 Å². The number of benzene rings is 2. The lowest BCUT2D eigenvalue weighted by molar-refractivity contribution is -0.384. The van der Waals surface area contributed by atoms with E-state index in [2.05, 4.69) is 5.32 Å². The van der Waals surface area contributed by atoms with Gasteiger partial charge < -0.3 is 14.8 Å². The number of nitro groups is 1. The van der Waals surface area contributed by atoms with Crippen LogP contribution in [0.4, 0.5) is 11.4 Å². The van der Waals surface area contributed by atoms with Crippen molar-refractivity contribution >= 4 is 28.9 Å². The molecule has 0 fully saturated rings. The maximum atomic E-state index is 12.7. The van der Waals surface area contributed by atoms with E-state index in [-0.39, 0.29) is 29.1 Å². The lowest BCUT2D eigenvalue weighted by Gasteiger charge is -2.27. The second-order valence-corrected chi connectivity index (χ2v) is 6.74. The Labute approximate surface area is 167 Å². The van der Waals surface area contributed by atoms with E-state index in [4.69, 9.17) is 21.1 Å². The molecule has 0 radical (unpaired) electrons. The number of rotatable bonds is 7. The molecule has 148 valence electrons. The Hall–Kier alpha value is -2.84. The fourth-order valence-corrected chi connectivity index (χ4v) is 3.09. The standard InChI is InChI=1S/C19H20ClN3O5/c1-3-22(10-13-4-7-17-18(8-13)28-11-27-17)12(2)19(24)21-16-9-14(23(25)26)5-6-15(16)20/h4-9,12H,3,10-11H2,1-2H3,(H,21,24). The first kappa shape index (κ1) is 19.9. The summed E-state index contributed by atoms with van der Waals surface area (Å²) < 4.78 is 10.7. The quantitative estimate of drug-likeness (QED) is 0.555. The van der Waals surface area contributed by atoms with Gasteiger partial charge in [0.25, 0.3) is 5.69 Å². The van der Waals surface area contributed by atoms with Crippen molar-refractivity contribution in [2.24, 2.45) is 0 Å². The molecule has 8 nitrogen and oxygen atoms in total. The number of likely N-dealkylation sites (N-methyl/N-ethyl adjacent to an activating group) is 1. The molecule has 1 N–H and O–H groups in total. The number of fused-ring (bicyclic) bond motifs is 1. The Bertz CT molecular complexity index is 905. The van der Waals surface area contributed by atoms with Crippen molar-refractivity contribution in [2.45, 2.75) is 26.4 Å². The average Bonchev–Trinajstić information content (AvgIpc) is 3.14. The van der Waals surface area contributed by atoms with Gasteiger partial charge in [-0.15, -0.1) is 0 Å². The van der Waals surface area contributed by atoms with E-state index in [0.717, 1.165) is 5.56 Å². The van der Waals surface area contributed by atoms with Crippen molar-refractivity contribution in [3.05, 3.63) is 57.1 Å². The van der Waals surface area contributed by atoms with Crippen LogP contribution in [-0.2, 0) is 11.3 Å². The van der Waals surface area contributed by atoms with Crippen molar-refractivity contribution in [1.82, 2.24) is 4.90 Å². The minimum atomic E-state index is -0.534. The molecule has 1 aliphatic heterocycles. The van der Waals surface area contributed by atoms with E-state index in [9.17, 15) is 14.9 Å². The van der Waals surface area contributed by atoms with Gasteiger partial charge in [-0.1, -0.05) is 24.6 Å².